The van der Waals surface area contributed by atoms with Crippen LogP contribution in [0.25, 0.3) is 31.3 Å². The van der Waals surface area contributed by atoms with E-state index in [1.165, 1.54) is 52.2 Å². The molecule has 0 bridgehead atoms. The molecule has 1 aromatic carbocycles. The van der Waals surface area contributed by atoms with Gasteiger partial charge in [0.05, 0.1) is 0 Å². The second-order valence-corrected chi connectivity index (χ2v) is 12.4. The molecular formula is C33H44S2. The van der Waals surface area contributed by atoms with E-state index in [0.717, 1.165) is 19.3 Å². The summed E-state index contributed by atoms with van der Waals surface area (Å²) < 4.78 is 2.98. The molecule has 0 aliphatic heterocycles. The van der Waals surface area contributed by atoms with E-state index in [0.29, 0.717) is 5.92 Å². The van der Waals surface area contributed by atoms with Crippen LogP contribution in [0.3, 0.4) is 0 Å². The van der Waals surface area contributed by atoms with Gasteiger partial charge in [-0.3, -0.25) is 0 Å². The number of thiophene rings is 2. The van der Waals surface area contributed by atoms with E-state index >= 15 is 0 Å². The summed E-state index contributed by atoms with van der Waals surface area (Å²) >= 11 is 4.05. The van der Waals surface area contributed by atoms with Crippen molar-refractivity contribution in [2.24, 2.45) is 0 Å². The van der Waals surface area contributed by atoms with Crippen LogP contribution >= 0.6 is 22.7 Å². The Balaban J connectivity index is 0.000000815. The summed E-state index contributed by atoms with van der Waals surface area (Å²) in [4.78, 5) is 2.99. The van der Waals surface area contributed by atoms with Gasteiger partial charge < -0.3 is 0 Å². The first-order chi connectivity index (χ1) is 16.8. The summed E-state index contributed by atoms with van der Waals surface area (Å²) in [5, 5.41) is 2.94. The monoisotopic (exact) mass is 504 g/mol. The summed E-state index contributed by atoms with van der Waals surface area (Å²) in [5.74, 6) is 0.554. The van der Waals surface area contributed by atoms with Crippen LogP contribution < -0.4 is 0 Å². The second kappa shape index (κ2) is 11.4. The van der Waals surface area contributed by atoms with Crippen LogP contribution in [0, 0.1) is 0 Å². The van der Waals surface area contributed by atoms with Crippen LogP contribution in [0.1, 0.15) is 115 Å². The average Bonchev–Trinajstić information content (AvgIpc) is 3.65. The highest BCUT2D eigenvalue weighted by Crippen LogP contribution is 2.51. The van der Waals surface area contributed by atoms with Gasteiger partial charge in [0, 0.05) is 41.1 Å². The fourth-order valence-corrected chi connectivity index (χ4v) is 7.29. The summed E-state index contributed by atoms with van der Waals surface area (Å²) in [6.45, 7) is 22.0. The van der Waals surface area contributed by atoms with Crippen molar-refractivity contribution in [1.29, 1.82) is 0 Å². The third-order valence-corrected chi connectivity index (χ3v) is 9.62. The largest absolute Gasteiger partial charge is 0.139 e. The average molecular weight is 505 g/mol. The van der Waals surface area contributed by atoms with Crippen LogP contribution in [0.5, 0.6) is 0 Å². The topological polar surface area (TPSA) is 0 Å². The zero-order valence-corrected chi connectivity index (χ0v) is 25.2. The number of hydrogen-bond donors (Lipinski definition) is 0. The van der Waals surface area contributed by atoms with Gasteiger partial charge in [-0.25, -0.2) is 0 Å². The predicted octanol–water partition coefficient (Wildman–Crippen LogP) is 12.1. The van der Waals surface area contributed by atoms with Crippen LogP contribution in [-0.4, -0.2) is 0 Å². The smallest absolute Gasteiger partial charge is 0.0434 e. The van der Waals surface area contributed by atoms with E-state index in [1.54, 1.807) is 5.57 Å². The molecule has 0 atom stereocenters. The van der Waals surface area contributed by atoms with Crippen molar-refractivity contribution < 1.29 is 0 Å². The zero-order chi connectivity index (χ0) is 25.9. The molecule has 0 N–H and O–H groups in total. The molecule has 0 unspecified atom stereocenters. The SMILES string of the molecule is CC.CC.CCC1=CC=C(c2c3cc(C(C)C)sc3c(C3=CC=CC3)c3cc(C(C)(C)C)sc23)C1. The Morgan fingerprint density at radius 2 is 1.46 bits per heavy atom. The lowest BCUT2D eigenvalue weighted by atomic mass is 9.89. The molecule has 5 rings (SSSR count). The van der Waals surface area contributed by atoms with Gasteiger partial charge in [-0.05, 0) is 53.9 Å². The van der Waals surface area contributed by atoms with Crippen molar-refractivity contribution in [3.05, 3.63) is 69.0 Å². The molecule has 0 saturated carbocycles. The summed E-state index contributed by atoms with van der Waals surface area (Å²) in [5.41, 5.74) is 7.69. The Morgan fingerprint density at radius 1 is 0.829 bits per heavy atom. The zero-order valence-electron chi connectivity index (χ0n) is 23.6. The minimum Gasteiger partial charge on any atom is -0.139 e. The Bertz CT molecular complexity index is 1310. The molecule has 2 heterocycles. The van der Waals surface area contributed by atoms with E-state index in [4.69, 9.17) is 0 Å². The Kier molecular flexibility index (Phi) is 9.05. The van der Waals surface area contributed by atoms with Gasteiger partial charge in [-0.1, -0.05) is 105 Å². The van der Waals surface area contributed by atoms with Crippen LogP contribution in [0.15, 0.2) is 48.1 Å². The minimum atomic E-state index is 0.161. The summed E-state index contributed by atoms with van der Waals surface area (Å²) in [7, 11) is 0. The van der Waals surface area contributed by atoms with Crippen molar-refractivity contribution in [2.75, 3.05) is 0 Å². The first-order valence-electron chi connectivity index (χ1n) is 13.6. The normalized spacial score (nSPS) is 15.1. The van der Waals surface area contributed by atoms with E-state index in [-0.39, 0.29) is 5.41 Å². The number of rotatable bonds is 4. The molecule has 0 saturated heterocycles. The molecule has 0 nitrogen and oxygen atoms in total. The fraction of sp³-hybridized carbons (Fsp3) is 0.455. The van der Waals surface area contributed by atoms with Crippen molar-refractivity contribution in [2.45, 2.75) is 99.8 Å². The molecule has 2 aliphatic rings. The van der Waals surface area contributed by atoms with Gasteiger partial charge >= 0.3 is 0 Å². The fourth-order valence-electron chi connectivity index (χ4n) is 4.71. The number of fused-ring (bicyclic) bond motifs is 2. The highest BCUT2D eigenvalue weighted by molar-refractivity contribution is 7.21. The molecule has 0 amide bonds. The highest BCUT2D eigenvalue weighted by atomic mass is 32.1. The molecular weight excluding hydrogens is 460 g/mol. The van der Waals surface area contributed by atoms with Gasteiger partial charge in [0.2, 0.25) is 0 Å². The maximum absolute atomic E-state index is 2.51. The summed E-state index contributed by atoms with van der Waals surface area (Å²) in [6.07, 6.45) is 14.9. The molecule has 3 aromatic rings. The second-order valence-electron chi connectivity index (χ2n) is 10.3. The Labute approximate surface area is 222 Å². The summed E-state index contributed by atoms with van der Waals surface area (Å²) in [6, 6.07) is 5.02. The lowest BCUT2D eigenvalue weighted by Gasteiger charge is -2.15. The van der Waals surface area contributed by atoms with Crippen molar-refractivity contribution in [1.82, 2.24) is 0 Å². The van der Waals surface area contributed by atoms with E-state index in [9.17, 15) is 0 Å². The molecule has 2 aliphatic carbocycles. The molecule has 0 fully saturated rings. The predicted molar refractivity (Wildman–Crippen MR) is 165 cm³/mol. The quantitative estimate of drug-likeness (QED) is 0.331. The van der Waals surface area contributed by atoms with Crippen molar-refractivity contribution in [3.63, 3.8) is 0 Å². The number of allylic oxidation sites excluding steroid dienone is 8. The number of benzene rings is 1. The van der Waals surface area contributed by atoms with Crippen LogP contribution in [0.4, 0.5) is 0 Å². The van der Waals surface area contributed by atoms with Crippen LogP contribution in [0.2, 0.25) is 0 Å². The third kappa shape index (κ3) is 5.30. The molecule has 2 heteroatoms. The lowest BCUT2D eigenvalue weighted by Crippen LogP contribution is -2.07. The van der Waals surface area contributed by atoms with Crippen molar-refractivity contribution in [3.8, 4) is 0 Å². The van der Waals surface area contributed by atoms with Crippen molar-refractivity contribution >= 4 is 54.0 Å². The maximum Gasteiger partial charge on any atom is 0.0434 e. The minimum absolute atomic E-state index is 0.161. The maximum atomic E-state index is 2.51. The standard InChI is InChI=1S/C29H32S2.2C2H6/c1-7-18-12-13-20(14-18)26-21-15-23(17(2)3)30-27(21)25(19-10-8-9-11-19)22-16-24(29(4,5)6)31-28(22)26;2*1-2/h8-10,12-13,15-17H,7,11,14H2,1-6H3;2*1-2H3. The van der Waals surface area contributed by atoms with E-state index in [1.807, 2.05) is 50.4 Å². The van der Waals surface area contributed by atoms with Gasteiger partial charge in [-0.15, -0.1) is 22.7 Å². The highest BCUT2D eigenvalue weighted by Gasteiger charge is 2.27. The van der Waals surface area contributed by atoms with Gasteiger partial charge in [0.25, 0.3) is 0 Å². The molecule has 35 heavy (non-hydrogen) atoms. The van der Waals surface area contributed by atoms with Gasteiger partial charge in [-0.2, -0.15) is 0 Å². The molecule has 2 aromatic heterocycles. The molecule has 0 radical (unpaired) electrons. The lowest BCUT2D eigenvalue weighted by molar-refractivity contribution is 0.604. The van der Waals surface area contributed by atoms with E-state index in [2.05, 4.69) is 84.1 Å². The van der Waals surface area contributed by atoms with Crippen LogP contribution in [-0.2, 0) is 5.41 Å². The Morgan fingerprint density at radius 3 is 2.00 bits per heavy atom. The third-order valence-electron chi connectivity index (χ3n) is 6.59. The van der Waals surface area contributed by atoms with Gasteiger partial charge in [0.15, 0.2) is 0 Å². The van der Waals surface area contributed by atoms with E-state index < -0.39 is 0 Å². The number of hydrogen-bond acceptors (Lipinski definition) is 2. The first kappa shape index (κ1) is 27.7. The first-order valence-corrected chi connectivity index (χ1v) is 15.2. The molecule has 0 spiro atoms. The molecule has 188 valence electrons. The Hall–Kier alpha value is -1.90. The van der Waals surface area contributed by atoms with Gasteiger partial charge in [0.1, 0.15) is 0 Å².